The van der Waals surface area contributed by atoms with Crippen LogP contribution in [0.5, 0.6) is 0 Å². The monoisotopic (exact) mass is 416 g/mol. The molecule has 2 atom stereocenters. The highest BCUT2D eigenvalue weighted by molar-refractivity contribution is 5.94. The summed E-state index contributed by atoms with van der Waals surface area (Å²) in [5, 5.41) is 10.5. The second kappa shape index (κ2) is 9.16. The van der Waals surface area contributed by atoms with Gasteiger partial charge in [0.05, 0.1) is 17.3 Å². The van der Waals surface area contributed by atoms with Crippen molar-refractivity contribution in [2.45, 2.75) is 33.1 Å². The molecule has 6 nitrogen and oxygen atoms in total. The molecule has 0 aliphatic carbocycles. The molecule has 0 radical (unpaired) electrons. The van der Waals surface area contributed by atoms with E-state index in [1.54, 1.807) is 0 Å². The molecule has 1 fully saturated rings. The number of piperidine rings is 1. The molecule has 160 valence electrons. The number of carbonyl (C=O) groups is 2. The fraction of sp³-hybridized carbons (Fsp3) is 0.320. The first-order valence-electron chi connectivity index (χ1n) is 10.9. The minimum absolute atomic E-state index is 0.00616. The lowest BCUT2D eigenvalue weighted by Crippen LogP contribution is -2.44. The van der Waals surface area contributed by atoms with E-state index in [1.165, 1.54) is 5.56 Å². The number of aryl methyl sites for hydroxylation is 1. The summed E-state index contributed by atoms with van der Waals surface area (Å²) in [6, 6.07) is 20.3. The van der Waals surface area contributed by atoms with Crippen molar-refractivity contribution in [1.29, 1.82) is 0 Å². The molecule has 4 rings (SSSR count). The van der Waals surface area contributed by atoms with Gasteiger partial charge < -0.3 is 10.6 Å². The average molecular weight is 417 g/mol. The zero-order chi connectivity index (χ0) is 21.8. The summed E-state index contributed by atoms with van der Waals surface area (Å²) in [6.45, 7) is 4.38. The number of hydrogen-bond acceptors (Lipinski definition) is 3. The van der Waals surface area contributed by atoms with Gasteiger partial charge in [-0.25, -0.2) is 4.68 Å². The summed E-state index contributed by atoms with van der Waals surface area (Å²) in [4.78, 5) is 24.5. The Kier molecular flexibility index (Phi) is 6.16. The molecule has 0 saturated carbocycles. The van der Waals surface area contributed by atoms with E-state index < -0.39 is 0 Å². The molecule has 2 N–H and O–H groups in total. The van der Waals surface area contributed by atoms with Gasteiger partial charge in [-0.1, -0.05) is 56.7 Å². The Hall–Kier alpha value is -3.41. The zero-order valence-corrected chi connectivity index (χ0v) is 18.0. The Labute approximate surface area is 182 Å². The number of aromatic nitrogens is 2. The van der Waals surface area contributed by atoms with Crippen LogP contribution >= 0.6 is 0 Å². The summed E-state index contributed by atoms with van der Waals surface area (Å²) in [5.41, 5.74) is 4.18. The Bertz CT molecular complexity index is 1070. The molecule has 1 aliphatic rings. The number of carbonyl (C=O) groups excluding carboxylic acids is 2. The van der Waals surface area contributed by atoms with E-state index in [-0.39, 0.29) is 23.7 Å². The normalized spacial score (nSPS) is 18.5. The molecule has 3 aromatic rings. The quantitative estimate of drug-likeness (QED) is 0.632. The molecule has 31 heavy (non-hydrogen) atoms. The largest absolute Gasteiger partial charge is 0.355 e. The predicted octanol–water partition coefficient (Wildman–Crippen LogP) is 4.20. The van der Waals surface area contributed by atoms with Crippen molar-refractivity contribution in [1.82, 2.24) is 15.1 Å². The summed E-state index contributed by atoms with van der Waals surface area (Å²) in [7, 11) is 0. The fourth-order valence-corrected chi connectivity index (χ4v) is 4.03. The third kappa shape index (κ3) is 4.68. The molecule has 0 bridgehead atoms. The molecule has 2 unspecified atom stereocenters. The topological polar surface area (TPSA) is 76.0 Å². The summed E-state index contributed by atoms with van der Waals surface area (Å²) in [6.07, 6.45) is 2.64. The maximum absolute atomic E-state index is 12.8. The molecule has 6 heteroatoms. The lowest BCUT2D eigenvalue weighted by molar-refractivity contribution is -0.129. The average Bonchev–Trinajstić information content (AvgIpc) is 3.20. The van der Waals surface area contributed by atoms with E-state index in [4.69, 9.17) is 5.10 Å². The first-order chi connectivity index (χ1) is 15.0. The SMILES string of the molecule is CCCc1cccc(-c2cc(NC(=O)C3CNC(=O)C(C)C3)nn2-c2ccccc2)c1. The molecule has 2 aromatic carbocycles. The third-order valence-corrected chi connectivity index (χ3v) is 5.70. The summed E-state index contributed by atoms with van der Waals surface area (Å²) < 4.78 is 1.87. The number of amides is 2. The van der Waals surface area contributed by atoms with Gasteiger partial charge in [0.1, 0.15) is 0 Å². The van der Waals surface area contributed by atoms with Crippen LogP contribution in [0.15, 0.2) is 60.7 Å². The molecule has 1 saturated heterocycles. The summed E-state index contributed by atoms with van der Waals surface area (Å²) in [5.74, 6) is -0.0223. The number of hydrogen-bond donors (Lipinski definition) is 2. The molecule has 1 aromatic heterocycles. The number of rotatable bonds is 6. The third-order valence-electron chi connectivity index (χ3n) is 5.70. The van der Waals surface area contributed by atoms with Gasteiger partial charge in [0.15, 0.2) is 5.82 Å². The van der Waals surface area contributed by atoms with Gasteiger partial charge in [0.25, 0.3) is 0 Å². The van der Waals surface area contributed by atoms with Gasteiger partial charge in [-0.05, 0) is 36.6 Å². The van der Waals surface area contributed by atoms with E-state index >= 15 is 0 Å². The number of nitrogens with one attached hydrogen (secondary N) is 2. The van der Waals surface area contributed by atoms with Crippen LogP contribution in [-0.4, -0.2) is 28.1 Å². The van der Waals surface area contributed by atoms with Gasteiger partial charge in [0, 0.05) is 24.1 Å². The van der Waals surface area contributed by atoms with Crippen LogP contribution in [0.2, 0.25) is 0 Å². The highest BCUT2D eigenvalue weighted by Crippen LogP contribution is 2.28. The van der Waals surface area contributed by atoms with Crippen LogP contribution in [0, 0.1) is 11.8 Å². The molecule has 1 aliphatic heterocycles. The fourth-order valence-electron chi connectivity index (χ4n) is 4.03. The molecular weight excluding hydrogens is 388 g/mol. The lowest BCUT2D eigenvalue weighted by Gasteiger charge is -2.25. The van der Waals surface area contributed by atoms with E-state index in [2.05, 4.69) is 41.8 Å². The van der Waals surface area contributed by atoms with Gasteiger partial charge in [-0.2, -0.15) is 0 Å². The number of benzene rings is 2. The van der Waals surface area contributed by atoms with Crippen molar-refractivity contribution in [2.24, 2.45) is 11.8 Å². The van der Waals surface area contributed by atoms with E-state index in [0.29, 0.717) is 18.8 Å². The van der Waals surface area contributed by atoms with Crippen LogP contribution in [0.3, 0.4) is 0 Å². The predicted molar refractivity (Wildman–Crippen MR) is 122 cm³/mol. The Morgan fingerprint density at radius 3 is 2.71 bits per heavy atom. The first-order valence-corrected chi connectivity index (χ1v) is 10.9. The van der Waals surface area contributed by atoms with Crippen LogP contribution < -0.4 is 10.6 Å². The lowest BCUT2D eigenvalue weighted by atomic mass is 9.90. The summed E-state index contributed by atoms with van der Waals surface area (Å²) >= 11 is 0. The van der Waals surface area contributed by atoms with Crippen molar-refractivity contribution < 1.29 is 9.59 Å². The van der Waals surface area contributed by atoms with Crippen molar-refractivity contribution in [3.8, 4) is 16.9 Å². The molecule has 2 heterocycles. The second-order valence-corrected chi connectivity index (χ2v) is 8.18. The van der Waals surface area contributed by atoms with Crippen LogP contribution in [0.1, 0.15) is 32.3 Å². The smallest absolute Gasteiger partial charge is 0.230 e. The van der Waals surface area contributed by atoms with Crippen molar-refractivity contribution in [2.75, 3.05) is 11.9 Å². The van der Waals surface area contributed by atoms with Gasteiger partial charge in [-0.15, -0.1) is 5.10 Å². The standard InChI is InChI=1S/C25H28N4O2/c1-3-8-18-9-7-10-19(14-18)22-15-23(28-29(22)21-11-5-4-6-12-21)27-25(31)20-13-17(2)24(30)26-16-20/h4-7,9-12,14-15,17,20H,3,8,13,16H2,1-2H3,(H,26,30)(H,27,28,31). The minimum atomic E-state index is -0.258. The zero-order valence-electron chi connectivity index (χ0n) is 18.0. The van der Waals surface area contributed by atoms with Gasteiger partial charge in [-0.3, -0.25) is 9.59 Å². The number of para-hydroxylation sites is 1. The highest BCUT2D eigenvalue weighted by atomic mass is 16.2. The van der Waals surface area contributed by atoms with Crippen LogP contribution in [0.25, 0.3) is 16.9 Å². The maximum Gasteiger partial charge on any atom is 0.230 e. The molecule has 0 spiro atoms. The molecular formula is C25H28N4O2. The van der Waals surface area contributed by atoms with Crippen LogP contribution in [0.4, 0.5) is 5.82 Å². The first kappa shape index (κ1) is 20.8. The number of nitrogens with zero attached hydrogens (tertiary/aromatic N) is 2. The maximum atomic E-state index is 12.8. The molecule has 2 amide bonds. The van der Waals surface area contributed by atoms with E-state index in [9.17, 15) is 9.59 Å². The van der Waals surface area contributed by atoms with Crippen molar-refractivity contribution in [3.63, 3.8) is 0 Å². The Balaban J connectivity index is 1.65. The van der Waals surface area contributed by atoms with E-state index in [0.717, 1.165) is 29.8 Å². The Morgan fingerprint density at radius 2 is 1.97 bits per heavy atom. The van der Waals surface area contributed by atoms with Crippen molar-refractivity contribution in [3.05, 3.63) is 66.2 Å². The van der Waals surface area contributed by atoms with Gasteiger partial charge in [0.2, 0.25) is 11.8 Å². The Morgan fingerprint density at radius 1 is 1.16 bits per heavy atom. The van der Waals surface area contributed by atoms with Crippen molar-refractivity contribution >= 4 is 17.6 Å². The number of anilines is 1. The second-order valence-electron chi connectivity index (χ2n) is 8.18. The minimum Gasteiger partial charge on any atom is -0.355 e. The van der Waals surface area contributed by atoms with Crippen LogP contribution in [-0.2, 0) is 16.0 Å². The van der Waals surface area contributed by atoms with Gasteiger partial charge >= 0.3 is 0 Å². The highest BCUT2D eigenvalue weighted by Gasteiger charge is 2.30. The van der Waals surface area contributed by atoms with E-state index in [1.807, 2.05) is 48.0 Å².